The van der Waals surface area contributed by atoms with Crippen molar-refractivity contribution in [1.29, 1.82) is 0 Å². The van der Waals surface area contributed by atoms with Crippen molar-refractivity contribution in [3.8, 4) is 0 Å². The highest BCUT2D eigenvalue weighted by atomic mass is 32.2. The molecular weight excluding hydrogens is 386 g/mol. The second kappa shape index (κ2) is 8.67. The van der Waals surface area contributed by atoms with Gasteiger partial charge >= 0.3 is 17.6 Å². The molecular formula is C19H34NO7S+. The third-order valence-corrected chi connectivity index (χ3v) is 6.66. The van der Waals surface area contributed by atoms with Crippen molar-refractivity contribution in [3.63, 3.8) is 0 Å². The van der Waals surface area contributed by atoms with Crippen LogP contribution in [0.15, 0.2) is 0 Å². The first-order valence-corrected chi connectivity index (χ1v) is 11.9. The normalized spacial score (nSPS) is 26.5. The quantitative estimate of drug-likeness (QED) is 0.498. The zero-order chi connectivity index (χ0) is 21.2. The highest BCUT2D eigenvalue weighted by molar-refractivity contribution is 7.91. The highest BCUT2D eigenvalue weighted by Gasteiger charge is 2.55. The van der Waals surface area contributed by atoms with Crippen LogP contribution in [0.2, 0.25) is 0 Å². The lowest BCUT2D eigenvalue weighted by atomic mass is 9.87. The van der Waals surface area contributed by atoms with E-state index in [1.54, 1.807) is 20.8 Å². The standard InChI is InChI=1S/C19H34NO7S/c1-19(2,3)27-17(22)20(12-6-7-13-20)18(28(5,23)24)26-15-10-8-14(9-11-15)16(21)25-4/h14-15,18H,6-13H2,1-5H3/q+1. The molecule has 0 aromatic carbocycles. The number of hydrogen-bond acceptors (Lipinski definition) is 7. The Labute approximate surface area is 168 Å². The first kappa shape index (κ1) is 23.1. The number of likely N-dealkylation sites (tertiary alicyclic amines) is 1. The number of sulfone groups is 1. The molecule has 0 N–H and O–H groups in total. The fraction of sp³-hybridized carbons (Fsp3) is 0.895. The number of carbonyl (C=O) groups excluding carboxylic acids is 2. The number of quaternary nitrogens is 1. The molecule has 1 aliphatic carbocycles. The molecule has 0 aromatic rings. The molecule has 2 aliphatic rings. The van der Waals surface area contributed by atoms with Gasteiger partial charge in [0.05, 0.1) is 32.2 Å². The first-order chi connectivity index (χ1) is 12.9. The van der Waals surface area contributed by atoms with Gasteiger partial charge in [0.1, 0.15) is 5.60 Å². The van der Waals surface area contributed by atoms with Gasteiger partial charge in [-0.1, -0.05) is 0 Å². The van der Waals surface area contributed by atoms with Crippen LogP contribution in [0.25, 0.3) is 0 Å². The number of carbonyl (C=O) groups is 2. The zero-order valence-corrected chi connectivity index (χ0v) is 18.4. The molecule has 9 heteroatoms. The van der Waals surface area contributed by atoms with Gasteiger partial charge in [-0.3, -0.25) is 4.79 Å². The molecule has 1 heterocycles. The number of esters is 1. The molecule has 1 amide bonds. The van der Waals surface area contributed by atoms with E-state index in [2.05, 4.69) is 0 Å². The van der Waals surface area contributed by atoms with Crippen LogP contribution >= 0.6 is 0 Å². The summed E-state index contributed by atoms with van der Waals surface area (Å²) in [5.41, 5.74) is -2.00. The van der Waals surface area contributed by atoms with Gasteiger partial charge in [0.15, 0.2) is 0 Å². The van der Waals surface area contributed by atoms with E-state index < -0.39 is 27.1 Å². The summed E-state index contributed by atoms with van der Waals surface area (Å²) >= 11 is 0. The van der Waals surface area contributed by atoms with Gasteiger partial charge in [0.25, 0.3) is 0 Å². The molecule has 0 spiro atoms. The molecule has 1 saturated carbocycles. The van der Waals surface area contributed by atoms with Gasteiger partial charge in [0, 0.05) is 19.1 Å². The Balaban J connectivity index is 2.20. The third kappa shape index (κ3) is 5.45. The van der Waals surface area contributed by atoms with Crippen LogP contribution in [0, 0.1) is 5.92 Å². The lowest BCUT2D eigenvalue weighted by Crippen LogP contribution is -2.63. The molecule has 8 nitrogen and oxygen atoms in total. The zero-order valence-electron chi connectivity index (χ0n) is 17.6. The van der Waals surface area contributed by atoms with E-state index in [1.807, 2.05) is 0 Å². The summed E-state index contributed by atoms with van der Waals surface area (Å²) in [6.45, 7) is 6.06. The van der Waals surface area contributed by atoms with E-state index in [4.69, 9.17) is 14.2 Å². The van der Waals surface area contributed by atoms with Crippen molar-refractivity contribution in [3.05, 3.63) is 0 Å². The minimum absolute atomic E-state index is 0.178. The summed E-state index contributed by atoms with van der Waals surface area (Å²) in [5, 5.41) is 0. The molecule has 0 aromatic heterocycles. The largest absolute Gasteiger partial charge is 0.519 e. The van der Waals surface area contributed by atoms with Crippen LogP contribution < -0.4 is 0 Å². The van der Waals surface area contributed by atoms with Crippen LogP contribution in [-0.2, 0) is 28.8 Å². The van der Waals surface area contributed by atoms with Gasteiger partial charge in [0.2, 0.25) is 9.84 Å². The summed E-state index contributed by atoms with van der Waals surface area (Å²) in [5.74, 6) is -0.419. The predicted molar refractivity (Wildman–Crippen MR) is 103 cm³/mol. The van der Waals surface area contributed by atoms with Crippen molar-refractivity contribution in [2.75, 3.05) is 26.5 Å². The third-order valence-electron chi connectivity index (χ3n) is 5.41. The molecule has 28 heavy (non-hydrogen) atoms. The van der Waals surface area contributed by atoms with Crippen LogP contribution in [0.1, 0.15) is 59.3 Å². The first-order valence-electron chi connectivity index (χ1n) is 9.91. The highest BCUT2D eigenvalue weighted by Crippen LogP contribution is 2.34. The van der Waals surface area contributed by atoms with E-state index in [9.17, 15) is 18.0 Å². The molecule has 1 atom stereocenters. The van der Waals surface area contributed by atoms with Gasteiger partial charge < -0.3 is 14.2 Å². The Morgan fingerprint density at radius 2 is 1.57 bits per heavy atom. The number of methoxy groups -OCH3 is 1. The predicted octanol–water partition coefficient (Wildman–Crippen LogP) is 2.61. The summed E-state index contributed by atoms with van der Waals surface area (Å²) in [7, 11) is -2.32. The van der Waals surface area contributed by atoms with Crippen molar-refractivity contribution in [1.82, 2.24) is 0 Å². The van der Waals surface area contributed by atoms with E-state index in [1.165, 1.54) is 7.11 Å². The Kier molecular flexibility index (Phi) is 7.15. The smallest absolute Gasteiger partial charge is 0.469 e. The summed E-state index contributed by atoms with van der Waals surface area (Å²) in [4.78, 5) is 24.8. The van der Waals surface area contributed by atoms with Gasteiger partial charge in [-0.25, -0.2) is 8.42 Å². The molecule has 1 aliphatic heterocycles. The monoisotopic (exact) mass is 420 g/mol. The molecule has 1 unspecified atom stereocenters. The molecule has 0 radical (unpaired) electrons. The van der Waals surface area contributed by atoms with E-state index >= 15 is 0 Å². The van der Waals surface area contributed by atoms with Gasteiger partial charge in [-0.15, -0.1) is 0 Å². The minimum Gasteiger partial charge on any atom is -0.469 e. The van der Waals surface area contributed by atoms with Crippen molar-refractivity contribution >= 4 is 21.9 Å². The molecule has 1 saturated heterocycles. The molecule has 2 fully saturated rings. The maximum absolute atomic E-state index is 13.0. The Bertz CT molecular complexity index is 669. The van der Waals surface area contributed by atoms with Crippen LogP contribution in [-0.4, -0.2) is 68.7 Å². The van der Waals surface area contributed by atoms with Gasteiger partial charge in [-0.2, -0.15) is 9.28 Å². The van der Waals surface area contributed by atoms with Crippen molar-refractivity contribution in [2.45, 2.75) is 76.6 Å². The Morgan fingerprint density at radius 3 is 2.00 bits per heavy atom. The van der Waals surface area contributed by atoms with E-state index in [-0.39, 0.29) is 22.5 Å². The minimum atomic E-state index is -3.68. The number of ether oxygens (including phenoxy) is 3. The average Bonchev–Trinajstić information content (AvgIpc) is 3.07. The lowest BCUT2D eigenvalue weighted by Gasteiger charge is -2.39. The number of rotatable bonds is 5. The second-order valence-electron chi connectivity index (χ2n) is 8.94. The number of nitrogens with zero attached hydrogens (tertiary/aromatic N) is 1. The van der Waals surface area contributed by atoms with Crippen LogP contribution in [0.3, 0.4) is 0 Å². The number of hydrogen-bond donors (Lipinski definition) is 0. The van der Waals surface area contributed by atoms with Gasteiger partial charge in [-0.05, 0) is 46.5 Å². The van der Waals surface area contributed by atoms with Crippen LogP contribution in [0.5, 0.6) is 0 Å². The van der Waals surface area contributed by atoms with E-state index in [0.29, 0.717) is 38.8 Å². The van der Waals surface area contributed by atoms with Crippen LogP contribution in [0.4, 0.5) is 4.79 Å². The summed E-state index contributed by atoms with van der Waals surface area (Å²) < 4.78 is 41.4. The fourth-order valence-electron chi connectivity index (χ4n) is 4.08. The van der Waals surface area contributed by atoms with Crippen molar-refractivity contribution in [2.24, 2.45) is 5.92 Å². The lowest BCUT2D eigenvalue weighted by molar-refractivity contribution is -0.880. The van der Waals surface area contributed by atoms with Crippen molar-refractivity contribution < 1.29 is 36.7 Å². The Hall–Kier alpha value is -1.19. The maximum Gasteiger partial charge on any atom is 0.519 e. The molecule has 0 bridgehead atoms. The average molecular weight is 421 g/mol. The fourth-order valence-corrected chi connectivity index (χ4v) is 5.47. The summed E-state index contributed by atoms with van der Waals surface area (Å²) in [6, 6.07) is 0. The molecule has 162 valence electrons. The second-order valence-corrected chi connectivity index (χ2v) is 11.0. The van der Waals surface area contributed by atoms with E-state index in [0.717, 1.165) is 19.1 Å². The Morgan fingerprint density at radius 1 is 1.04 bits per heavy atom. The summed E-state index contributed by atoms with van der Waals surface area (Å²) in [6.07, 6.45) is 4.00. The topological polar surface area (TPSA) is 96.0 Å². The maximum atomic E-state index is 13.0. The SMILES string of the molecule is COC(=O)C1CCC(OC([N+]2(C(=O)OC(C)(C)C)CCCC2)S(C)(=O)=O)CC1. The molecule has 2 rings (SSSR count). The number of amides is 1.